The largest absolute Gasteiger partial charge is 0.377 e. The zero-order chi connectivity index (χ0) is 16.1. The van der Waals surface area contributed by atoms with Crippen LogP contribution >= 0.6 is 0 Å². The minimum atomic E-state index is -0.00699. The van der Waals surface area contributed by atoms with Gasteiger partial charge in [0.05, 0.1) is 11.8 Å². The van der Waals surface area contributed by atoms with E-state index in [1.807, 2.05) is 23.4 Å². The number of nitrogens with one attached hydrogen (secondary N) is 1. The van der Waals surface area contributed by atoms with Crippen LogP contribution in [0.15, 0.2) is 0 Å². The van der Waals surface area contributed by atoms with Crippen LogP contribution < -0.4 is 5.32 Å². The number of aryl methyl sites for hydroxylation is 2. The van der Waals surface area contributed by atoms with Crippen molar-refractivity contribution >= 4 is 6.03 Å². The predicted molar refractivity (Wildman–Crippen MR) is 85.8 cm³/mol. The predicted octanol–water partition coefficient (Wildman–Crippen LogP) is 2.23. The highest BCUT2D eigenvalue weighted by atomic mass is 16.5. The molecular formula is C16H28N4O2. The first kappa shape index (κ1) is 16.8. The molecule has 0 saturated carbocycles. The number of carbonyl (C=O) groups excluding carboxylic acids is 1. The number of amides is 2. The molecule has 6 nitrogen and oxygen atoms in total. The lowest BCUT2D eigenvalue weighted by molar-refractivity contribution is 0.0164. The Bertz CT molecular complexity index is 510. The SMILES string of the molecule is CCO[C@@H]1CCCN(C(=O)NCc2c(C)nn(CC)c2C)C1. The normalized spacial score (nSPS) is 18.5. The monoisotopic (exact) mass is 308 g/mol. The van der Waals surface area contributed by atoms with Crippen molar-refractivity contribution in [1.82, 2.24) is 20.0 Å². The van der Waals surface area contributed by atoms with Gasteiger partial charge in [-0.3, -0.25) is 4.68 Å². The van der Waals surface area contributed by atoms with Gasteiger partial charge in [-0.15, -0.1) is 0 Å². The Labute approximate surface area is 132 Å². The first-order chi connectivity index (χ1) is 10.6. The van der Waals surface area contributed by atoms with Crippen LogP contribution in [-0.4, -0.2) is 46.5 Å². The van der Waals surface area contributed by atoms with E-state index < -0.39 is 0 Å². The summed E-state index contributed by atoms with van der Waals surface area (Å²) in [4.78, 5) is 14.2. The van der Waals surface area contributed by atoms with Gasteiger partial charge in [0.25, 0.3) is 0 Å². The van der Waals surface area contributed by atoms with Gasteiger partial charge < -0.3 is 15.0 Å². The number of ether oxygens (including phenoxy) is 1. The van der Waals surface area contributed by atoms with Gasteiger partial charge in [0.2, 0.25) is 0 Å². The Morgan fingerprint density at radius 2 is 2.18 bits per heavy atom. The molecule has 2 amide bonds. The van der Waals surface area contributed by atoms with E-state index in [0.717, 1.165) is 42.9 Å². The van der Waals surface area contributed by atoms with Crippen LogP contribution in [0, 0.1) is 13.8 Å². The number of urea groups is 1. The smallest absolute Gasteiger partial charge is 0.317 e. The van der Waals surface area contributed by atoms with Crippen molar-refractivity contribution in [3.8, 4) is 0 Å². The highest BCUT2D eigenvalue weighted by Gasteiger charge is 2.24. The van der Waals surface area contributed by atoms with Crippen molar-refractivity contribution in [2.24, 2.45) is 0 Å². The fraction of sp³-hybridized carbons (Fsp3) is 0.750. The molecule has 0 unspecified atom stereocenters. The molecule has 1 fully saturated rings. The maximum absolute atomic E-state index is 12.4. The Balaban J connectivity index is 1.91. The number of hydrogen-bond donors (Lipinski definition) is 1. The molecule has 0 aliphatic carbocycles. The Kier molecular flexibility index (Phi) is 5.83. The molecule has 0 aromatic carbocycles. The molecule has 1 aromatic rings. The third-order valence-electron chi connectivity index (χ3n) is 4.32. The number of piperidine rings is 1. The summed E-state index contributed by atoms with van der Waals surface area (Å²) in [5, 5.41) is 7.52. The molecule has 124 valence electrons. The number of likely N-dealkylation sites (tertiary alicyclic amines) is 1. The first-order valence-electron chi connectivity index (χ1n) is 8.24. The summed E-state index contributed by atoms with van der Waals surface area (Å²) in [7, 11) is 0. The molecule has 0 radical (unpaired) electrons. The molecular weight excluding hydrogens is 280 g/mol. The summed E-state index contributed by atoms with van der Waals surface area (Å²) in [6.07, 6.45) is 2.22. The molecule has 2 rings (SSSR count). The van der Waals surface area contributed by atoms with Gasteiger partial charge in [0.1, 0.15) is 0 Å². The summed E-state index contributed by atoms with van der Waals surface area (Å²) >= 11 is 0. The van der Waals surface area contributed by atoms with E-state index >= 15 is 0 Å². The van der Waals surface area contributed by atoms with Crippen molar-refractivity contribution < 1.29 is 9.53 Å². The van der Waals surface area contributed by atoms with E-state index in [2.05, 4.69) is 24.3 Å². The fourth-order valence-corrected chi connectivity index (χ4v) is 3.07. The van der Waals surface area contributed by atoms with Gasteiger partial charge in [-0.1, -0.05) is 0 Å². The number of carbonyl (C=O) groups is 1. The molecule has 6 heteroatoms. The lowest BCUT2D eigenvalue weighted by atomic mass is 10.1. The maximum Gasteiger partial charge on any atom is 0.317 e. The third kappa shape index (κ3) is 3.80. The van der Waals surface area contributed by atoms with E-state index in [0.29, 0.717) is 19.7 Å². The molecule has 22 heavy (non-hydrogen) atoms. The second kappa shape index (κ2) is 7.63. The quantitative estimate of drug-likeness (QED) is 0.907. The van der Waals surface area contributed by atoms with Gasteiger partial charge in [0, 0.05) is 44.0 Å². The fourth-order valence-electron chi connectivity index (χ4n) is 3.07. The average molecular weight is 308 g/mol. The molecule has 0 bridgehead atoms. The van der Waals surface area contributed by atoms with Crippen LogP contribution in [0.4, 0.5) is 4.79 Å². The molecule has 2 heterocycles. The van der Waals surface area contributed by atoms with E-state index in [-0.39, 0.29) is 12.1 Å². The molecule has 0 spiro atoms. The topological polar surface area (TPSA) is 59.4 Å². The van der Waals surface area contributed by atoms with Gasteiger partial charge in [-0.05, 0) is 40.5 Å². The molecule has 1 N–H and O–H groups in total. The Morgan fingerprint density at radius 1 is 1.41 bits per heavy atom. The lowest BCUT2D eigenvalue weighted by Gasteiger charge is -2.32. The van der Waals surface area contributed by atoms with Crippen molar-refractivity contribution in [3.05, 3.63) is 17.0 Å². The van der Waals surface area contributed by atoms with E-state index in [1.54, 1.807) is 0 Å². The number of hydrogen-bond acceptors (Lipinski definition) is 3. The summed E-state index contributed by atoms with van der Waals surface area (Å²) in [6, 6.07) is -0.00699. The van der Waals surface area contributed by atoms with Crippen LogP contribution in [0.25, 0.3) is 0 Å². The van der Waals surface area contributed by atoms with Crippen molar-refractivity contribution in [2.45, 2.75) is 59.7 Å². The minimum Gasteiger partial charge on any atom is -0.377 e. The Morgan fingerprint density at radius 3 is 2.82 bits per heavy atom. The van der Waals surface area contributed by atoms with Gasteiger partial charge in [-0.25, -0.2) is 4.79 Å². The zero-order valence-corrected chi connectivity index (χ0v) is 14.2. The van der Waals surface area contributed by atoms with Gasteiger partial charge in [-0.2, -0.15) is 5.10 Å². The zero-order valence-electron chi connectivity index (χ0n) is 14.2. The number of rotatable bonds is 5. The molecule has 1 aromatic heterocycles. The highest BCUT2D eigenvalue weighted by molar-refractivity contribution is 5.74. The molecule has 1 atom stereocenters. The standard InChI is InChI=1S/C16H28N4O2/c1-5-20-13(4)15(12(3)18-20)10-17-16(21)19-9-7-8-14(11-19)22-6-2/h14H,5-11H2,1-4H3,(H,17,21)/t14-/m1/s1. The van der Waals surface area contributed by atoms with E-state index in [4.69, 9.17) is 4.74 Å². The summed E-state index contributed by atoms with van der Waals surface area (Å²) in [5.41, 5.74) is 3.24. The first-order valence-corrected chi connectivity index (χ1v) is 8.24. The summed E-state index contributed by atoms with van der Waals surface area (Å²) < 4.78 is 7.62. The van der Waals surface area contributed by atoms with E-state index in [1.165, 1.54) is 0 Å². The number of nitrogens with zero attached hydrogens (tertiary/aromatic N) is 3. The van der Waals surface area contributed by atoms with Crippen LogP contribution in [0.5, 0.6) is 0 Å². The molecule has 1 saturated heterocycles. The average Bonchev–Trinajstić information content (AvgIpc) is 2.79. The van der Waals surface area contributed by atoms with Crippen LogP contribution in [-0.2, 0) is 17.8 Å². The van der Waals surface area contributed by atoms with Crippen LogP contribution in [0.3, 0.4) is 0 Å². The highest BCUT2D eigenvalue weighted by Crippen LogP contribution is 2.15. The van der Waals surface area contributed by atoms with Crippen molar-refractivity contribution in [1.29, 1.82) is 0 Å². The Hall–Kier alpha value is -1.56. The molecule has 1 aliphatic rings. The summed E-state index contributed by atoms with van der Waals surface area (Å²) in [5.74, 6) is 0. The lowest BCUT2D eigenvalue weighted by Crippen LogP contribution is -2.47. The third-order valence-corrected chi connectivity index (χ3v) is 4.32. The van der Waals surface area contributed by atoms with E-state index in [9.17, 15) is 4.79 Å². The summed E-state index contributed by atoms with van der Waals surface area (Å²) in [6.45, 7) is 11.7. The van der Waals surface area contributed by atoms with Crippen molar-refractivity contribution in [3.63, 3.8) is 0 Å². The maximum atomic E-state index is 12.4. The van der Waals surface area contributed by atoms with Gasteiger partial charge >= 0.3 is 6.03 Å². The number of aromatic nitrogens is 2. The molecule has 1 aliphatic heterocycles. The van der Waals surface area contributed by atoms with Gasteiger partial charge in [0.15, 0.2) is 0 Å². The second-order valence-corrected chi connectivity index (χ2v) is 5.79. The van der Waals surface area contributed by atoms with Crippen LogP contribution in [0.2, 0.25) is 0 Å². The van der Waals surface area contributed by atoms with Crippen LogP contribution in [0.1, 0.15) is 43.6 Å². The van der Waals surface area contributed by atoms with Crippen molar-refractivity contribution in [2.75, 3.05) is 19.7 Å². The minimum absolute atomic E-state index is 0.00699. The second-order valence-electron chi connectivity index (χ2n) is 5.79.